The number of hydrogen-bond acceptors (Lipinski definition) is 4. The molecule has 1 aliphatic heterocycles. The number of rotatable bonds is 2. The number of hydrogen-bond donors (Lipinski definition) is 1. The minimum absolute atomic E-state index is 0.160. The molecule has 1 rings (SSSR count). The van der Waals surface area contributed by atoms with Crippen LogP contribution in [0.15, 0.2) is 0 Å². The van der Waals surface area contributed by atoms with E-state index in [1.54, 1.807) is 0 Å². The minimum Gasteiger partial charge on any atom is -0.435 e. The van der Waals surface area contributed by atoms with E-state index in [1.807, 2.05) is 20.8 Å². The van der Waals surface area contributed by atoms with Crippen LogP contribution in [0.4, 0.5) is 4.79 Å². The fraction of sp³-hybridized carbons (Fsp3) is 0.900. The third kappa shape index (κ3) is 2.97. The Hall–Kier alpha value is -0.660. The van der Waals surface area contributed by atoms with Crippen LogP contribution >= 0.6 is 0 Å². The van der Waals surface area contributed by atoms with Crippen molar-refractivity contribution in [2.45, 2.75) is 38.8 Å². The molecule has 100 valence electrons. The van der Waals surface area contributed by atoms with Gasteiger partial charge in [-0.1, -0.05) is 0 Å². The van der Waals surface area contributed by atoms with Crippen molar-refractivity contribution < 1.29 is 27.0 Å². The fourth-order valence-electron chi connectivity index (χ4n) is 2.29. The van der Waals surface area contributed by atoms with E-state index < -0.39 is 27.9 Å². The van der Waals surface area contributed by atoms with Crippen LogP contribution in [0.2, 0.25) is 0 Å². The molecule has 2 atom stereocenters. The van der Waals surface area contributed by atoms with Gasteiger partial charge >= 0.3 is 6.09 Å². The summed E-state index contributed by atoms with van der Waals surface area (Å²) >= 11 is 0. The summed E-state index contributed by atoms with van der Waals surface area (Å²) in [6.45, 7) is 6.09. The van der Waals surface area contributed by atoms with Crippen molar-refractivity contribution in [3.8, 4) is 0 Å². The van der Waals surface area contributed by atoms with Gasteiger partial charge in [0.15, 0.2) is 0 Å². The molecular formula is C10H20NO5S+. The van der Waals surface area contributed by atoms with Gasteiger partial charge in [0, 0.05) is 6.42 Å². The van der Waals surface area contributed by atoms with Crippen molar-refractivity contribution in [1.29, 1.82) is 0 Å². The molecule has 0 bridgehead atoms. The molecule has 1 heterocycles. The summed E-state index contributed by atoms with van der Waals surface area (Å²) < 4.78 is 26.8. The van der Waals surface area contributed by atoms with Crippen molar-refractivity contribution in [3.63, 3.8) is 0 Å². The van der Waals surface area contributed by atoms with Gasteiger partial charge in [0.25, 0.3) is 10.1 Å². The summed E-state index contributed by atoms with van der Waals surface area (Å²) in [5.74, 6) is 0. The van der Waals surface area contributed by atoms with E-state index in [0.717, 1.165) is 6.26 Å². The van der Waals surface area contributed by atoms with Crippen LogP contribution in [0.3, 0.4) is 0 Å². The highest BCUT2D eigenvalue weighted by Gasteiger charge is 2.54. The number of carbonyl (C=O) groups is 1. The molecule has 0 spiro atoms. The Balaban J connectivity index is 2.91. The summed E-state index contributed by atoms with van der Waals surface area (Å²) in [4.78, 5) is 11.4. The van der Waals surface area contributed by atoms with Crippen LogP contribution in [0, 0.1) is 0 Å². The highest BCUT2D eigenvalue weighted by atomic mass is 32.2. The molecule has 1 saturated heterocycles. The molecule has 17 heavy (non-hydrogen) atoms. The smallest absolute Gasteiger partial charge is 0.435 e. The second-order valence-corrected chi connectivity index (χ2v) is 7.14. The first-order chi connectivity index (χ1) is 7.48. The fourth-order valence-corrected chi connectivity index (χ4v) is 2.94. The zero-order valence-electron chi connectivity index (χ0n) is 10.6. The molecule has 0 aromatic heterocycles. The van der Waals surface area contributed by atoms with Gasteiger partial charge in [0.2, 0.25) is 0 Å². The summed E-state index contributed by atoms with van der Waals surface area (Å²) in [6.07, 6.45) is -0.0495. The Morgan fingerprint density at radius 2 is 1.94 bits per heavy atom. The largest absolute Gasteiger partial charge is 0.514 e. The predicted molar refractivity (Wildman–Crippen MR) is 62.1 cm³/mol. The maximum Gasteiger partial charge on any atom is 0.514 e. The van der Waals surface area contributed by atoms with Crippen molar-refractivity contribution in [2.24, 2.45) is 0 Å². The van der Waals surface area contributed by atoms with E-state index in [1.165, 1.54) is 0 Å². The quantitative estimate of drug-likeness (QED) is 0.596. The first-order valence-electron chi connectivity index (χ1n) is 5.47. The lowest BCUT2D eigenvalue weighted by Crippen LogP contribution is -2.62. The standard InChI is InChI=1S/C10H19NO5S/c1-10(2,3)11(9(12)13)6-5-8(7-11)16-17(4,14)15/h8H,5-7H2,1-4H3/p+1/t8-,11?/m0/s1. The number of amides is 1. The lowest BCUT2D eigenvalue weighted by Gasteiger charge is -2.40. The molecule has 6 nitrogen and oxygen atoms in total. The van der Waals surface area contributed by atoms with Crippen LogP contribution in [0.5, 0.6) is 0 Å². The molecule has 7 heteroatoms. The van der Waals surface area contributed by atoms with Gasteiger partial charge in [-0.2, -0.15) is 13.2 Å². The van der Waals surface area contributed by atoms with Crippen molar-refractivity contribution in [1.82, 2.24) is 0 Å². The van der Waals surface area contributed by atoms with Crippen molar-refractivity contribution in [3.05, 3.63) is 0 Å². The van der Waals surface area contributed by atoms with E-state index in [9.17, 15) is 18.3 Å². The highest BCUT2D eigenvalue weighted by Crippen LogP contribution is 2.33. The van der Waals surface area contributed by atoms with Gasteiger partial charge in [-0.25, -0.2) is 4.48 Å². The van der Waals surface area contributed by atoms with Crippen LogP contribution in [-0.4, -0.2) is 55.1 Å². The third-order valence-electron chi connectivity index (χ3n) is 3.31. The van der Waals surface area contributed by atoms with E-state index in [4.69, 9.17) is 4.18 Å². The molecule has 0 aliphatic carbocycles. The second-order valence-electron chi connectivity index (χ2n) is 5.54. The summed E-state index contributed by atoms with van der Waals surface area (Å²) in [5.41, 5.74) is -0.485. The van der Waals surface area contributed by atoms with Crippen LogP contribution in [-0.2, 0) is 14.3 Å². The molecule has 0 aromatic carbocycles. The Kier molecular flexibility index (Phi) is 3.58. The van der Waals surface area contributed by atoms with E-state index >= 15 is 0 Å². The lowest BCUT2D eigenvalue weighted by atomic mass is 10.0. The molecule has 1 fully saturated rings. The van der Waals surface area contributed by atoms with Crippen LogP contribution in [0.25, 0.3) is 0 Å². The van der Waals surface area contributed by atoms with Crippen molar-refractivity contribution >= 4 is 16.2 Å². The highest BCUT2D eigenvalue weighted by molar-refractivity contribution is 7.86. The first kappa shape index (κ1) is 14.4. The number of nitrogens with zero attached hydrogens (tertiary/aromatic N) is 1. The summed E-state index contributed by atoms with van der Waals surface area (Å²) in [7, 11) is -3.53. The molecule has 1 aliphatic rings. The third-order valence-corrected chi connectivity index (χ3v) is 3.93. The lowest BCUT2D eigenvalue weighted by molar-refractivity contribution is -0.893. The average molecular weight is 266 g/mol. The zero-order valence-corrected chi connectivity index (χ0v) is 11.5. The summed E-state index contributed by atoms with van der Waals surface area (Å²) in [6, 6.07) is 0. The normalized spacial score (nSPS) is 30.5. The number of carboxylic acid groups (broad SMARTS) is 1. The van der Waals surface area contributed by atoms with Gasteiger partial charge in [-0.15, -0.1) is 0 Å². The van der Waals surface area contributed by atoms with Gasteiger partial charge in [-0.05, 0) is 20.8 Å². The Bertz CT molecular complexity index is 411. The molecule has 1 N–H and O–H groups in total. The molecule has 0 saturated carbocycles. The monoisotopic (exact) mass is 266 g/mol. The van der Waals surface area contributed by atoms with Gasteiger partial charge in [-0.3, -0.25) is 4.18 Å². The molecular weight excluding hydrogens is 246 g/mol. The molecule has 0 radical (unpaired) electrons. The number of quaternary nitrogens is 1. The van der Waals surface area contributed by atoms with E-state index in [0.29, 0.717) is 13.0 Å². The van der Waals surface area contributed by atoms with E-state index in [-0.39, 0.29) is 11.0 Å². The second kappa shape index (κ2) is 4.22. The maximum atomic E-state index is 11.4. The average Bonchev–Trinajstić information content (AvgIpc) is 2.44. The number of likely N-dealkylation sites (tertiary alicyclic amines) is 1. The zero-order chi connectivity index (χ0) is 13.5. The van der Waals surface area contributed by atoms with Gasteiger partial charge in [0.05, 0.1) is 12.8 Å². The molecule has 1 unspecified atom stereocenters. The first-order valence-corrected chi connectivity index (χ1v) is 7.28. The van der Waals surface area contributed by atoms with E-state index in [2.05, 4.69) is 0 Å². The molecule has 1 amide bonds. The van der Waals surface area contributed by atoms with Gasteiger partial charge in [0.1, 0.15) is 18.2 Å². The Morgan fingerprint density at radius 3 is 2.24 bits per heavy atom. The Morgan fingerprint density at radius 1 is 1.41 bits per heavy atom. The maximum absolute atomic E-state index is 11.4. The van der Waals surface area contributed by atoms with Gasteiger partial charge < -0.3 is 5.11 Å². The van der Waals surface area contributed by atoms with Crippen LogP contribution in [0.1, 0.15) is 27.2 Å². The SMILES string of the molecule is CC(C)(C)[N+]1(C(=O)O)CC[C@H](OS(C)(=O)=O)C1. The minimum atomic E-state index is -3.53. The predicted octanol–water partition coefficient (Wildman–Crippen LogP) is 1.03. The summed E-state index contributed by atoms with van der Waals surface area (Å²) in [5, 5.41) is 9.38. The van der Waals surface area contributed by atoms with Crippen molar-refractivity contribution in [2.75, 3.05) is 19.3 Å². The Labute approximate surface area is 102 Å². The van der Waals surface area contributed by atoms with Crippen LogP contribution < -0.4 is 0 Å². The topological polar surface area (TPSA) is 80.7 Å². The molecule has 0 aromatic rings.